The lowest BCUT2D eigenvalue weighted by molar-refractivity contribution is -0.143. The Morgan fingerprint density at radius 3 is 2.61 bits per heavy atom. The first-order chi connectivity index (χ1) is 19.3. The summed E-state index contributed by atoms with van der Waals surface area (Å²) < 4.78 is 52.3. The number of aryl methyl sites for hydroxylation is 1. The third kappa shape index (κ3) is 8.14. The van der Waals surface area contributed by atoms with Gasteiger partial charge in [0.2, 0.25) is 5.88 Å². The van der Waals surface area contributed by atoms with Gasteiger partial charge in [0.1, 0.15) is 18.1 Å². The molecule has 4 rings (SSSR count). The van der Waals surface area contributed by atoms with E-state index in [1.165, 1.54) is 13.2 Å². The molecule has 2 aromatic heterocycles. The van der Waals surface area contributed by atoms with Crippen LogP contribution in [0.25, 0.3) is 0 Å². The number of carbonyl (C=O) groups is 1. The molecule has 0 saturated heterocycles. The summed E-state index contributed by atoms with van der Waals surface area (Å²) in [6.07, 6.45) is -2.26. The van der Waals surface area contributed by atoms with E-state index in [0.29, 0.717) is 23.4 Å². The summed E-state index contributed by atoms with van der Waals surface area (Å²) in [5.41, 5.74) is 3.67. The van der Waals surface area contributed by atoms with Crippen molar-refractivity contribution in [2.24, 2.45) is 0 Å². The summed E-state index contributed by atoms with van der Waals surface area (Å²) in [6, 6.07) is 11.0. The molecule has 0 bridgehead atoms. The fraction of sp³-hybridized carbons (Fsp3) is 0.500. The summed E-state index contributed by atoms with van der Waals surface area (Å²) in [5.74, 6) is -0.288. The zero-order chi connectivity index (χ0) is 29.8. The quantitative estimate of drug-likeness (QED) is 0.293. The minimum Gasteiger partial charge on any atom is -0.496 e. The van der Waals surface area contributed by atoms with Crippen LogP contribution in [0.4, 0.5) is 19.0 Å². The zero-order valence-corrected chi connectivity index (χ0v) is 23.8. The molecule has 11 heteroatoms. The maximum atomic E-state index is 13.4. The van der Waals surface area contributed by atoms with Crippen LogP contribution in [0.1, 0.15) is 67.6 Å². The molecule has 2 N–H and O–H groups in total. The van der Waals surface area contributed by atoms with Gasteiger partial charge in [0, 0.05) is 30.6 Å². The summed E-state index contributed by atoms with van der Waals surface area (Å²) >= 11 is 0. The van der Waals surface area contributed by atoms with E-state index in [4.69, 9.17) is 9.47 Å². The molecule has 8 nitrogen and oxygen atoms in total. The van der Waals surface area contributed by atoms with E-state index >= 15 is 0 Å². The highest BCUT2D eigenvalue weighted by Crippen LogP contribution is 2.36. The average molecular weight is 575 g/mol. The highest BCUT2D eigenvalue weighted by Gasteiger charge is 2.31. The number of rotatable bonds is 11. The minimum absolute atomic E-state index is 0.0297. The van der Waals surface area contributed by atoms with E-state index in [1.807, 2.05) is 45.0 Å². The van der Waals surface area contributed by atoms with Gasteiger partial charge in [-0.15, -0.1) is 0 Å². The van der Waals surface area contributed by atoms with E-state index in [0.717, 1.165) is 46.7 Å². The Bertz CT molecular complexity index is 1360. The van der Waals surface area contributed by atoms with Crippen LogP contribution in [0.5, 0.6) is 11.6 Å². The van der Waals surface area contributed by atoms with Gasteiger partial charge in [0.25, 0.3) is 0 Å². The van der Waals surface area contributed by atoms with Crippen molar-refractivity contribution in [1.29, 1.82) is 0 Å². The zero-order valence-electron chi connectivity index (χ0n) is 23.8. The predicted octanol–water partition coefficient (Wildman–Crippen LogP) is 5.93. The number of aromatic nitrogens is 3. The number of fused-ring (bicyclic) bond motifs is 1. The molecular weight excluding hydrogens is 537 g/mol. The first-order valence-corrected chi connectivity index (χ1v) is 13.7. The van der Waals surface area contributed by atoms with Crippen LogP contribution in [0.2, 0.25) is 0 Å². The van der Waals surface area contributed by atoms with Crippen LogP contribution in [0.3, 0.4) is 0 Å². The smallest absolute Gasteiger partial charge is 0.408 e. The van der Waals surface area contributed by atoms with Crippen molar-refractivity contribution in [1.82, 2.24) is 14.8 Å². The van der Waals surface area contributed by atoms with E-state index in [2.05, 4.69) is 15.4 Å². The number of carboxylic acids is 1. The minimum atomic E-state index is -4.52. The number of carboxylic acid groups (broad SMARTS) is 1. The second-order valence-electron chi connectivity index (χ2n) is 11.4. The van der Waals surface area contributed by atoms with Crippen LogP contribution in [-0.2, 0) is 36.0 Å². The van der Waals surface area contributed by atoms with Gasteiger partial charge in [-0.1, -0.05) is 39.0 Å². The number of aliphatic carboxylic acids is 1. The number of anilines is 1. The molecule has 0 spiro atoms. The summed E-state index contributed by atoms with van der Waals surface area (Å²) in [6.45, 7) is 5.77. The average Bonchev–Trinajstić information content (AvgIpc) is 3.26. The lowest BCUT2D eigenvalue weighted by Gasteiger charge is -2.24. The van der Waals surface area contributed by atoms with E-state index in [-0.39, 0.29) is 30.7 Å². The second-order valence-corrected chi connectivity index (χ2v) is 11.4. The number of ether oxygens (including phenoxy) is 2. The predicted molar refractivity (Wildman–Crippen MR) is 149 cm³/mol. The van der Waals surface area contributed by atoms with Crippen molar-refractivity contribution in [3.8, 4) is 11.6 Å². The summed E-state index contributed by atoms with van der Waals surface area (Å²) in [5, 5.41) is 17.1. The number of halogens is 3. The Morgan fingerprint density at radius 2 is 1.93 bits per heavy atom. The Kier molecular flexibility index (Phi) is 9.14. The molecule has 41 heavy (non-hydrogen) atoms. The van der Waals surface area contributed by atoms with Crippen LogP contribution in [0, 0.1) is 0 Å². The number of hydrogen-bond donors (Lipinski definition) is 2. The highest BCUT2D eigenvalue weighted by atomic mass is 19.4. The summed E-state index contributed by atoms with van der Waals surface area (Å²) in [4.78, 5) is 16.4. The van der Waals surface area contributed by atoms with E-state index in [1.54, 1.807) is 6.07 Å². The first-order valence-electron chi connectivity index (χ1n) is 13.7. The molecule has 0 amide bonds. The first kappa shape index (κ1) is 30.2. The van der Waals surface area contributed by atoms with Gasteiger partial charge in [-0.05, 0) is 53.5 Å². The number of nitrogens with one attached hydrogen (secondary N) is 1. The maximum Gasteiger partial charge on any atom is 0.408 e. The molecule has 1 atom stereocenters. The lowest BCUT2D eigenvalue weighted by Crippen LogP contribution is -2.20. The van der Waals surface area contributed by atoms with Crippen LogP contribution in [-0.4, -0.2) is 52.3 Å². The molecule has 3 aromatic rings. The van der Waals surface area contributed by atoms with E-state index < -0.39 is 24.6 Å². The fourth-order valence-electron chi connectivity index (χ4n) is 4.99. The molecule has 222 valence electrons. The number of nitrogens with zero attached hydrogens (tertiary/aromatic N) is 3. The van der Waals surface area contributed by atoms with Gasteiger partial charge < -0.3 is 19.9 Å². The third-order valence-electron chi connectivity index (χ3n) is 7.09. The molecular formula is C30H37F3N4O4. The Balaban J connectivity index is 1.57. The highest BCUT2D eigenvalue weighted by molar-refractivity contribution is 5.68. The van der Waals surface area contributed by atoms with Gasteiger partial charge in [0.05, 0.1) is 25.8 Å². The number of pyridine rings is 1. The molecule has 0 fully saturated rings. The topological polar surface area (TPSA) is 98.5 Å². The number of hydrogen-bond acceptors (Lipinski definition) is 6. The molecule has 1 unspecified atom stereocenters. The van der Waals surface area contributed by atoms with Gasteiger partial charge in [0.15, 0.2) is 0 Å². The summed E-state index contributed by atoms with van der Waals surface area (Å²) in [7, 11) is 1.50. The molecule has 1 aliphatic rings. The standard InChI is InChI=1S/C30H37F3N4O4/c1-29(2,3)21-8-10-25(40-4)24(16-21)20(15-27(38)39)14-23-17-26(37(36-23)18-30(31,32)33)41-13-11-22-9-7-19-6-5-12-34-28(19)35-22/h7-10,16-17,20H,5-6,11-15,18H2,1-4H3,(H,34,35)(H,38,39). The van der Waals surface area contributed by atoms with Crippen molar-refractivity contribution >= 4 is 11.8 Å². The number of methoxy groups -OCH3 is 1. The van der Waals surface area contributed by atoms with Gasteiger partial charge in [-0.2, -0.15) is 18.3 Å². The molecule has 0 aliphatic carbocycles. The Hall–Kier alpha value is -3.76. The number of alkyl halides is 3. The molecule has 1 aliphatic heterocycles. The largest absolute Gasteiger partial charge is 0.496 e. The van der Waals surface area contributed by atoms with Gasteiger partial charge in [-0.3, -0.25) is 4.79 Å². The van der Waals surface area contributed by atoms with Crippen molar-refractivity contribution < 1.29 is 32.5 Å². The van der Waals surface area contributed by atoms with Crippen molar-refractivity contribution in [3.05, 3.63) is 64.5 Å². The normalized spacial score (nSPS) is 14.2. The van der Waals surface area contributed by atoms with Crippen LogP contribution < -0.4 is 14.8 Å². The second kappa shape index (κ2) is 12.4. The maximum absolute atomic E-state index is 13.4. The number of benzene rings is 1. The third-order valence-corrected chi connectivity index (χ3v) is 7.09. The van der Waals surface area contributed by atoms with Gasteiger partial charge in [-0.25, -0.2) is 9.67 Å². The fourth-order valence-corrected chi connectivity index (χ4v) is 4.99. The molecule has 0 saturated carbocycles. The SMILES string of the molecule is COc1ccc(C(C)(C)C)cc1C(CC(=O)O)Cc1cc(OCCc2ccc3c(n2)NCCC3)n(CC(F)(F)F)n1. The Labute approximate surface area is 237 Å². The Morgan fingerprint density at radius 1 is 1.15 bits per heavy atom. The van der Waals surface area contributed by atoms with Crippen LogP contribution >= 0.6 is 0 Å². The monoisotopic (exact) mass is 574 g/mol. The molecule has 3 heterocycles. The van der Waals surface area contributed by atoms with E-state index in [9.17, 15) is 23.1 Å². The lowest BCUT2D eigenvalue weighted by atomic mass is 9.82. The molecule has 1 aromatic carbocycles. The van der Waals surface area contributed by atoms with Crippen molar-refractivity contribution in [3.63, 3.8) is 0 Å². The van der Waals surface area contributed by atoms with Crippen LogP contribution in [0.15, 0.2) is 36.4 Å². The van der Waals surface area contributed by atoms with Crippen molar-refractivity contribution in [2.45, 2.75) is 76.9 Å². The van der Waals surface area contributed by atoms with Crippen molar-refractivity contribution in [2.75, 3.05) is 25.6 Å². The molecule has 0 radical (unpaired) electrons. The van der Waals surface area contributed by atoms with Gasteiger partial charge >= 0.3 is 12.1 Å².